The zero-order valence-corrected chi connectivity index (χ0v) is 21.9. The van der Waals surface area contributed by atoms with Crippen LogP contribution in [0.15, 0.2) is 77.3 Å². The molecule has 0 spiro atoms. The van der Waals surface area contributed by atoms with Gasteiger partial charge < -0.3 is 18.8 Å². The zero-order valence-electron chi connectivity index (χ0n) is 21.9. The van der Waals surface area contributed by atoms with E-state index in [1.54, 1.807) is 31.5 Å². The molecule has 0 fully saturated rings. The minimum atomic E-state index is 0.101. The third kappa shape index (κ3) is 4.56. The van der Waals surface area contributed by atoms with Crippen LogP contribution in [0.3, 0.4) is 0 Å². The van der Waals surface area contributed by atoms with E-state index in [1.807, 2.05) is 60.1 Å². The minimum Gasteiger partial charge on any atom is -0.507 e. The molecule has 2 radical (unpaired) electrons. The summed E-state index contributed by atoms with van der Waals surface area (Å²) >= 11 is 0. The number of phenols is 1. The van der Waals surface area contributed by atoms with Gasteiger partial charge in [0.25, 0.3) is 0 Å². The van der Waals surface area contributed by atoms with Crippen molar-refractivity contribution >= 4 is 24.3 Å². The van der Waals surface area contributed by atoms with Crippen molar-refractivity contribution in [2.24, 2.45) is 0 Å². The van der Waals surface area contributed by atoms with Crippen LogP contribution in [0.1, 0.15) is 23.9 Å². The second-order valence-corrected chi connectivity index (χ2v) is 9.38. The van der Waals surface area contributed by atoms with Crippen LogP contribution in [0.25, 0.3) is 39.6 Å². The lowest BCUT2D eigenvalue weighted by Gasteiger charge is -2.12. The first kappa shape index (κ1) is 24.5. The summed E-state index contributed by atoms with van der Waals surface area (Å²) in [5.74, 6) is 2.83. The van der Waals surface area contributed by atoms with Crippen LogP contribution in [0.4, 0.5) is 0 Å². The Bertz CT molecular complexity index is 1800. The predicted octanol–water partition coefficient (Wildman–Crippen LogP) is 4.97. The highest BCUT2D eigenvalue weighted by Gasteiger charge is 2.19. The Morgan fingerprint density at radius 1 is 1.03 bits per heavy atom. The Morgan fingerprint density at radius 3 is 2.62 bits per heavy atom. The number of aryl methyl sites for hydroxylation is 2. The zero-order chi connectivity index (χ0) is 27.1. The summed E-state index contributed by atoms with van der Waals surface area (Å²) in [4.78, 5) is 9.32. The molecule has 4 heterocycles. The molecule has 0 saturated heterocycles. The SMILES string of the molecule is [B]c1ccc(O)c(-c2nc3cc(-n4nc(CC)cc4-c4ccc(C)o4)ccc3n2Cc2ccc(OC)nc2)c1. The number of hydrogen-bond acceptors (Lipinski definition) is 6. The van der Waals surface area contributed by atoms with E-state index in [1.165, 1.54) is 0 Å². The molecule has 0 saturated carbocycles. The standard InChI is InChI=1S/C30H26BN5O3/c1-4-21-14-26(28-11-5-18(2)39-28)36(34-21)22-8-9-25-24(15-22)33-30(23-13-20(31)7-10-27(23)37)35(25)17-19-6-12-29(38-3)32-16-19/h5-16,37H,4,17H2,1-3H3. The highest BCUT2D eigenvalue weighted by Crippen LogP contribution is 2.33. The summed E-state index contributed by atoms with van der Waals surface area (Å²) in [6, 6.07) is 20.8. The maximum absolute atomic E-state index is 10.7. The molecule has 8 nitrogen and oxygen atoms in total. The highest BCUT2D eigenvalue weighted by molar-refractivity contribution is 6.32. The van der Waals surface area contributed by atoms with Crippen LogP contribution in [0.2, 0.25) is 0 Å². The van der Waals surface area contributed by atoms with E-state index in [4.69, 9.17) is 27.1 Å². The maximum Gasteiger partial charge on any atom is 0.212 e. The lowest BCUT2D eigenvalue weighted by atomic mass is 9.94. The van der Waals surface area contributed by atoms with Gasteiger partial charge in [0, 0.05) is 12.3 Å². The fourth-order valence-corrected chi connectivity index (χ4v) is 4.70. The average molecular weight is 515 g/mol. The number of phenolic OH excluding ortho intramolecular Hbond substituents is 1. The van der Waals surface area contributed by atoms with Gasteiger partial charge in [0.1, 0.15) is 30.9 Å². The van der Waals surface area contributed by atoms with Gasteiger partial charge >= 0.3 is 0 Å². The summed E-state index contributed by atoms with van der Waals surface area (Å²) < 4.78 is 15.1. The third-order valence-corrected chi connectivity index (χ3v) is 6.70. The molecule has 0 bridgehead atoms. The van der Waals surface area contributed by atoms with Crippen LogP contribution < -0.4 is 10.2 Å². The topological polar surface area (TPSA) is 91.1 Å². The molecule has 2 aromatic carbocycles. The first-order valence-corrected chi connectivity index (χ1v) is 12.7. The van der Waals surface area contributed by atoms with Gasteiger partial charge in [-0.3, -0.25) is 0 Å². The third-order valence-electron chi connectivity index (χ3n) is 6.70. The van der Waals surface area contributed by atoms with Gasteiger partial charge in [-0.2, -0.15) is 5.10 Å². The average Bonchev–Trinajstić information content (AvgIpc) is 3.67. The molecular formula is C30H26BN5O3. The molecule has 0 aliphatic heterocycles. The number of nitrogens with zero attached hydrogens (tertiary/aromatic N) is 5. The van der Waals surface area contributed by atoms with E-state index < -0.39 is 0 Å². The first-order chi connectivity index (χ1) is 18.9. The molecule has 9 heteroatoms. The first-order valence-electron chi connectivity index (χ1n) is 12.7. The summed E-state index contributed by atoms with van der Waals surface area (Å²) in [7, 11) is 7.68. The summed E-state index contributed by atoms with van der Waals surface area (Å²) in [5, 5.41) is 15.6. The molecule has 0 amide bonds. The Morgan fingerprint density at radius 2 is 1.90 bits per heavy atom. The molecule has 0 aliphatic carbocycles. The number of aromatic nitrogens is 5. The van der Waals surface area contributed by atoms with Crippen molar-refractivity contribution < 1.29 is 14.3 Å². The van der Waals surface area contributed by atoms with Gasteiger partial charge in [-0.15, -0.1) is 0 Å². The van der Waals surface area contributed by atoms with E-state index in [0.29, 0.717) is 29.3 Å². The fraction of sp³-hybridized carbons (Fsp3) is 0.167. The van der Waals surface area contributed by atoms with Gasteiger partial charge in [0.15, 0.2) is 5.76 Å². The largest absolute Gasteiger partial charge is 0.507 e. The molecular weight excluding hydrogens is 489 g/mol. The monoisotopic (exact) mass is 515 g/mol. The Labute approximate surface area is 226 Å². The Kier molecular flexibility index (Phi) is 6.19. The van der Waals surface area contributed by atoms with Crippen LogP contribution in [-0.4, -0.2) is 44.4 Å². The van der Waals surface area contributed by atoms with Crippen molar-refractivity contribution in [2.75, 3.05) is 7.11 Å². The molecule has 192 valence electrons. The number of fused-ring (bicyclic) bond motifs is 1. The lowest BCUT2D eigenvalue weighted by molar-refractivity contribution is 0.397. The predicted molar refractivity (Wildman–Crippen MR) is 151 cm³/mol. The second-order valence-electron chi connectivity index (χ2n) is 9.38. The van der Waals surface area contributed by atoms with Crippen molar-refractivity contribution in [1.29, 1.82) is 0 Å². The lowest BCUT2D eigenvalue weighted by Crippen LogP contribution is -2.06. The summed E-state index contributed by atoms with van der Waals surface area (Å²) in [6.45, 7) is 4.48. The van der Waals surface area contributed by atoms with E-state index in [9.17, 15) is 5.11 Å². The number of hydrogen-bond donors (Lipinski definition) is 1. The maximum atomic E-state index is 10.7. The summed E-state index contributed by atoms with van der Waals surface area (Å²) in [5.41, 5.74) is 6.37. The number of pyridine rings is 1. The number of benzene rings is 2. The number of methoxy groups -OCH3 is 1. The smallest absolute Gasteiger partial charge is 0.212 e. The Balaban J connectivity index is 1.52. The Hall–Kier alpha value is -4.79. The number of imidazole rings is 1. The number of aromatic hydroxyl groups is 1. The van der Waals surface area contributed by atoms with Gasteiger partial charge in [-0.05, 0) is 61.4 Å². The van der Waals surface area contributed by atoms with Crippen LogP contribution in [0.5, 0.6) is 11.6 Å². The van der Waals surface area contributed by atoms with Gasteiger partial charge in [0.2, 0.25) is 5.88 Å². The fourth-order valence-electron chi connectivity index (χ4n) is 4.70. The number of rotatable bonds is 7. The van der Waals surface area contributed by atoms with Crippen LogP contribution >= 0.6 is 0 Å². The second kappa shape index (κ2) is 9.83. The molecule has 6 rings (SSSR count). The van der Waals surface area contributed by atoms with Crippen molar-refractivity contribution in [3.05, 3.63) is 89.9 Å². The van der Waals surface area contributed by atoms with Crippen molar-refractivity contribution in [3.63, 3.8) is 0 Å². The molecule has 4 aromatic heterocycles. The molecule has 0 aliphatic rings. The van der Waals surface area contributed by atoms with E-state index in [0.717, 1.165) is 51.6 Å². The summed E-state index contributed by atoms with van der Waals surface area (Å²) in [6.07, 6.45) is 2.57. The molecule has 0 atom stereocenters. The minimum absolute atomic E-state index is 0.101. The molecule has 6 aromatic rings. The quantitative estimate of drug-likeness (QED) is 0.302. The van der Waals surface area contributed by atoms with Crippen LogP contribution in [0, 0.1) is 6.92 Å². The van der Waals surface area contributed by atoms with Crippen molar-refractivity contribution in [2.45, 2.75) is 26.8 Å². The normalized spacial score (nSPS) is 11.4. The molecule has 0 unspecified atom stereocenters. The van der Waals surface area contributed by atoms with Gasteiger partial charge in [0.05, 0.1) is 41.6 Å². The number of ether oxygens (including phenoxy) is 1. The number of furan rings is 1. The highest BCUT2D eigenvalue weighted by atomic mass is 16.5. The van der Waals surface area contributed by atoms with E-state index >= 15 is 0 Å². The van der Waals surface area contributed by atoms with E-state index in [2.05, 4.69) is 16.5 Å². The van der Waals surface area contributed by atoms with Crippen LogP contribution in [-0.2, 0) is 13.0 Å². The van der Waals surface area contributed by atoms with Crippen molar-refractivity contribution in [3.8, 4) is 40.2 Å². The van der Waals surface area contributed by atoms with Crippen molar-refractivity contribution in [1.82, 2.24) is 24.3 Å². The molecule has 39 heavy (non-hydrogen) atoms. The van der Waals surface area contributed by atoms with Gasteiger partial charge in [-0.1, -0.05) is 30.6 Å². The molecule has 1 N–H and O–H groups in total. The van der Waals surface area contributed by atoms with Gasteiger partial charge in [-0.25, -0.2) is 14.6 Å². The van der Waals surface area contributed by atoms with E-state index in [-0.39, 0.29) is 5.75 Å².